The molecule has 1 rings (SSSR count). The number of carbonyl (C=O) groups is 1. The number of aryl methyl sites for hydroxylation is 2. The molecule has 24 heavy (non-hydrogen) atoms. The number of nitrogens with one attached hydrogen (secondary N) is 3. The number of halogens is 1. The van der Waals surface area contributed by atoms with Gasteiger partial charge in [0.1, 0.15) is 5.75 Å². The average molecular weight is 373 g/mol. The lowest BCUT2D eigenvalue weighted by Gasteiger charge is -2.19. The quantitative estimate of drug-likeness (QED) is 0.522. The minimum absolute atomic E-state index is 0.319. The van der Waals surface area contributed by atoms with Crippen LogP contribution in [0.25, 0.3) is 0 Å². The van der Waals surface area contributed by atoms with Crippen molar-refractivity contribution in [1.82, 2.24) is 21.1 Å². The summed E-state index contributed by atoms with van der Waals surface area (Å²) in [6.07, 6.45) is -0.680. The number of amides is 1. The summed E-state index contributed by atoms with van der Waals surface area (Å²) in [5.74, 6) is 0.342. The van der Waals surface area contributed by atoms with E-state index >= 15 is 0 Å². The van der Waals surface area contributed by atoms with Gasteiger partial charge in [-0.1, -0.05) is 11.6 Å². The van der Waals surface area contributed by atoms with Crippen LogP contribution in [0, 0.1) is 13.8 Å². The van der Waals surface area contributed by atoms with E-state index in [0.29, 0.717) is 22.4 Å². The van der Waals surface area contributed by atoms with E-state index in [1.54, 1.807) is 19.1 Å². The van der Waals surface area contributed by atoms with Crippen molar-refractivity contribution in [3.05, 3.63) is 28.3 Å². The van der Waals surface area contributed by atoms with Crippen LogP contribution in [0.2, 0.25) is 5.02 Å². The standard InChI is InChI=1S/C16H25ClN4O2S/c1-10-8-13(17)9-11(2)14(10)23-12(3)15(22)19-20-16(24)18-6-7-21(4)5/h8-9,12H,6-7H2,1-5H3,(H,19,22)(H2,18,20,24)/t12-/m1/s1. The normalized spacial score (nSPS) is 11.8. The minimum Gasteiger partial charge on any atom is -0.480 e. The van der Waals surface area contributed by atoms with Crippen LogP contribution in [0.4, 0.5) is 0 Å². The van der Waals surface area contributed by atoms with Gasteiger partial charge in [0.25, 0.3) is 5.91 Å². The first-order valence-electron chi connectivity index (χ1n) is 7.62. The van der Waals surface area contributed by atoms with Crippen molar-refractivity contribution in [2.75, 3.05) is 27.2 Å². The molecule has 1 aromatic carbocycles. The monoisotopic (exact) mass is 372 g/mol. The fourth-order valence-corrected chi connectivity index (χ4v) is 2.45. The Morgan fingerprint density at radius 2 is 1.88 bits per heavy atom. The molecular formula is C16H25ClN4O2S. The fraction of sp³-hybridized carbons (Fsp3) is 0.500. The van der Waals surface area contributed by atoms with Gasteiger partial charge in [-0.05, 0) is 70.3 Å². The second-order valence-corrected chi connectivity index (χ2v) is 6.65. The van der Waals surface area contributed by atoms with Gasteiger partial charge in [-0.2, -0.15) is 0 Å². The number of hydrogen-bond donors (Lipinski definition) is 3. The Morgan fingerprint density at radius 3 is 2.42 bits per heavy atom. The Balaban J connectivity index is 2.47. The van der Waals surface area contributed by atoms with E-state index in [-0.39, 0.29) is 5.91 Å². The van der Waals surface area contributed by atoms with Crippen LogP contribution >= 0.6 is 23.8 Å². The smallest absolute Gasteiger partial charge is 0.279 e. The van der Waals surface area contributed by atoms with Gasteiger partial charge >= 0.3 is 0 Å². The molecule has 0 radical (unpaired) electrons. The van der Waals surface area contributed by atoms with E-state index < -0.39 is 6.10 Å². The largest absolute Gasteiger partial charge is 0.480 e. The Hall–Kier alpha value is -1.57. The molecule has 0 unspecified atom stereocenters. The van der Waals surface area contributed by atoms with E-state index in [2.05, 4.69) is 16.2 Å². The molecule has 0 aliphatic carbocycles. The predicted octanol–water partition coefficient (Wildman–Crippen LogP) is 1.78. The average Bonchev–Trinajstić information content (AvgIpc) is 2.47. The van der Waals surface area contributed by atoms with Crippen molar-refractivity contribution >= 4 is 34.8 Å². The van der Waals surface area contributed by atoms with Gasteiger partial charge in [-0.15, -0.1) is 0 Å². The summed E-state index contributed by atoms with van der Waals surface area (Å²) in [5.41, 5.74) is 6.96. The maximum absolute atomic E-state index is 12.1. The van der Waals surface area contributed by atoms with Crippen molar-refractivity contribution in [1.29, 1.82) is 0 Å². The lowest BCUT2D eigenvalue weighted by molar-refractivity contribution is -0.127. The Kier molecular flexibility index (Phi) is 8.24. The summed E-state index contributed by atoms with van der Waals surface area (Å²) in [6.45, 7) is 6.98. The molecule has 0 saturated heterocycles. The number of hydrazine groups is 1. The van der Waals surface area contributed by atoms with Crippen LogP contribution in [0.5, 0.6) is 5.75 Å². The Morgan fingerprint density at radius 1 is 1.29 bits per heavy atom. The number of ether oxygens (including phenoxy) is 1. The number of benzene rings is 1. The maximum Gasteiger partial charge on any atom is 0.279 e. The van der Waals surface area contributed by atoms with Crippen LogP contribution in [0.15, 0.2) is 12.1 Å². The van der Waals surface area contributed by atoms with Gasteiger partial charge in [0.05, 0.1) is 0 Å². The number of carbonyl (C=O) groups excluding carboxylic acids is 1. The number of nitrogens with zero attached hydrogens (tertiary/aromatic N) is 1. The van der Waals surface area contributed by atoms with Crippen LogP contribution in [0.3, 0.4) is 0 Å². The van der Waals surface area contributed by atoms with Gasteiger partial charge < -0.3 is 15.0 Å². The van der Waals surface area contributed by atoms with Crippen molar-refractivity contribution in [2.45, 2.75) is 26.9 Å². The molecule has 0 aliphatic heterocycles. The van der Waals surface area contributed by atoms with Crippen LogP contribution < -0.4 is 20.9 Å². The molecule has 0 bridgehead atoms. The lowest BCUT2D eigenvalue weighted by Crippen LogP contribution is -2.51. The van der Waals surface area contributed by atoms with Crippen molar-refractivity contribution in [3.8, 4) is 5.75 Å². The highest BCUT2D eigenvalue weighted by Gasteiger charge is 2.17. The highest BCUT2D eigenvalue weighted by atomic mass is 35.5. The third-order valence-corrected chi connectivity index (χ3v) is 3.70. The second kappa shape index (κ2) is 9.66. The highest BCUT2D eigenvalue weighted by molar-refractivity contribution is 7.80. The first-order valence-corrected chi connectivity index (χ1v) is 8.41. The molecule has 0 spiro atoms. The van der Waals surface area contributed by atoms with E-state index in [1.165, 1.54) is 0 Å². The first-order chi connectivity index (χ1) is 11.2. The van der Waals surface area contributed by atoms with Crippen molar-refractivity contribution in [2.24, 2.45) is 0 Å². The molecule has 1 aromatic rings. The molecule has 134 valence electrons. The SMILES string of the molecule is Cc1cc(Cl)cc(C)c1O[C@H](C)C(=O)NNC(=S)NCCN(C)C. The molecule has 6 nitrogen and oxygen atoms in total. The lowest BCUT2D eigenvalue weighted by atomic mass is 10.1. The molecule has 1 amide bonds. The van der Waals surface area contributed by atoms with E-state index in [0.717, 1.165) is 17.7 Å². The van der Waals surface area contributed by atoms with Crippen molar-refractivity contribution in [3.63, 3.8) is 0 Å². The minimum atomic E-state index is -0.680. The summed E-state index contributed by atoms with van der Waals surface area (Å²) in [5, 5.41) is 3.99. The van der Waals surface area contributed by atoms with Gasteiger partial charge in [0.15, 0.2) is 11.2 Å². The molecule has 3 N–H and O–H groups in total. The van der Waals surface area contributed by atoms with Crippen LogP contribution in [0.1, 0.15) is 18.1 Å². The zero-order valence-corrected chi connectivity index (χ0v) is 16.3. The number of rotatable bonds is 6. The van der Waals surface area contributed by atoms with Gasteiger partial charge in [0, 0.05) is 18.1 Å². The molecule has 8 heteroatoms. The first kappa shape index (κ1) is 20.5. The second-order valence-electron chi connectivity index (χ2n) is 5.80. The molecule has 0 saturated carbocycles. The summed E-state index contributed by atoms with van der Waals surface area (Å²) < 4.78 is 5.76. The van der Waals surface area contributed by atoms with Crippen LogP contribution in [-0.4, -0.2) is 49.2 Å². The summed E-state index contributed by atoms with van der Waals surface area (Å²) in [4.78, 5) is 14.1. The topological polar surface area (TPSA) is 65.6 Å². The van der Waals surface area contributed by atoms with Gasteiger partial charge in [0.2, 0.25) is 0 Å². The molecule has 0 aromatic heterocycles. The predicted molar refractivity (Wildman–Crippen MR) is 101 cm³/mol. The third-order valence-electron chi connectivity index (χ3n) is 3.23. The summed E-state index contributed by atoms with van der Waals surface area (Å²) >= 11 is 11.1. The van der Waals surface area contributed by atoms with E-state index in [1.807, 2.05) is 32.8 Å². The number of likely N-dealkylation sites (N-methyl/N-ethyl adjacent to an activating group) is 1. The summed E-state index contributed by atoms with van der Waals surface area (Å²) in [7, 11) is 3.94. The van der Waals surface area contributed by atoms with Gasteiger partial charge in [-0.25, -0.2) is 0 Å². The number of hydrogen-bond acceptors (Lipinski definition) is 4. The van der Waals surface area contributed by atoms with E-state index in [4.69, 9.17) is 28.6 Å². The maximum atomic E-state index is 12.1. The highest BCUT2D eigenvalue weighted by Crippen LogP contribution is 2.27. The molecule has 0 heterocycles. The van der Waals surface area contributed by atoms with Crippen LogP contribution in [-0.2, 0) is 4.79 Å². The summed E-state index contributed by atoms with van der Waals surface area (Å²) in [6, 6.07) is 3.60. The molecular weight excluding hydrogens is 348 g/mol. The van der Waals surface area contributed by atoms with E-state index in [9.17, 15) is 4.79 Å². The van der Waals surface area contributed by atoms with Crippen molar-refractivity contribution < 1.29 is 9.53 Å². The Labute approximate surface area is 153 Å². The molecule has 0 fully saturated rings. The Bertz CT molecular complexity index is 572. The third kappa shape index (κ3) is 6.90. The zero-order chi connectivity index (χ0) is 18.3. The molecule has 0 aliphatic rings. The molecule has 1 atom stereocenters. The van der Waals surface area contributed by atoms with Gasteiger partial charge in [-0.3, -0.25) is 15.6 Å². The fourth-order valence-electron chi connectivity index (χ4n) is 1.97. The number of thiocarbonyl (C=S) groups is 1. The zero-order valence-electron chi connectivity index (χ0n) is 14.7.